The number of anilines is 2. The minimum Gasteiger partial charge on any atom is -0.379 e. The van der Waals surface area contributed by atoms with Gasteiger partial charge in [-0.2, -0.15) is 13.2 Å². The van der Waals surface area contributed by atoms with E-state index < -0.39 is 17.6 Å². The van der Waals surface area contributed by atoms with Crippen molar-refractivity contribution >= 4 is 23.2 Å². The van der Waals surface area contributed by atoms with Gasteiger partial charge in [-0.05, 0) is 106 Å². The molecule has 1 aromatic heterocycles. The quantitative estimate of drug-likeness (QED) is 0.0687. The van der Waals surface area contributed by atoms with Crippen LogP contribution in [0.2, 0.25) is 0 Å². The second-order valence-electron chi connectivity index (χ2n) is 13.3. The van der Waals surface area contributed by atoms with Crippen LogP contribution in [-0.2, 0) is 33.4 Å². The number of pyridine rings is 1. The van der Waals surface area contributed by atoms with Crippen molar-refractivity contribution in [2.24, 2.45) is 0 Å². The number of aryl methyl sites for hydroxylation is 1. The number of nitrogens with zero attached hydrogens (tertiary/aromatic N) is 3. The number of ether oxygens (including phenoxy) is 3. The van der Waals surface area contributed by atoms with Gasteiger partial charge in [0.05, 0.1) is 50.0 Å². The lowest BCUT2D eigenvalue weighted by atomic mass is 10.0. The van der Waals surface area contributed by atoms with Gasteiger partial charge in [-0.15, -0.1) is 0 Å². The van der Waals surface area contributed by atoms with Gasteiger partial charge < -0.3 is 34.6 Å². The smallest absolute Gasteiger partial charge is 0.379 e. The molecule has 57 heavy (non-hydrogen) atoms. The van der Waals surface area contributed by atoms with Crippen LogP contribution in [-0.4, -0.2) is 94.1 Å². The van der Waals surface area contributed by atoms with Gasteiger partial charge in [-0.3, -0.25) is 14.6 Å². The van der Waals surface area contributed by atoms with E-state index in [9.17, 15) is 22.8 Å². The average molecular weight is 792 g/mol. The Hall–Kier alpha value is -4.82. The number of halogens is 3. The van der Waals surface area contributed by atoms with Crippen LogP contribution in [0.25, 0.3) is 11.3 Å². The summed E-state index contributed by atoms with van der Waals surface area (Å²) in [6, 6.07) is 21.2. The van der Waals surface area contributed by atoms with Crippen molar-refractivity contribution in [3.05, 3.63) is 113 Å². The van der Waals surface area contributed by atoms with Crippen LogP contribution < -0.4 is 15.5 Å². The van der Waals surface area contributed by atoms with Crippen molar-refractivity contribution in [3.8, 4) is 11.3 Å². The number of carbonyl (C=O) groups excluding carboxylic acids is 2. The summed E-state index contributed by atoms with van der Waals surface area (Å²) in [5.74, 6) is -0.770. The molecule has 0 aliphatic rings. The number of rotatable bonds is 24. The number of benzene rings is 3. The lowest BCUT2D eigenvalue weighted by Gasteiger charge is -2.23. The first kappa shape index (κ1) is 44.9. The summed E-state index contributed by atoms with van der Waals surface area (Å²) in [5, 5.41) is 5.76. The Labute approximate surface area is 334 Å². The van der Waals surface area contributed by atoms with E-state index in [0.29, 0.717) is 67.7 Å². The fourth-order valence-electron chi connectivity index (χ4n) is 6.22. The standard InChI is InChI=1S/C44H56F3N5O5/c1-5-51(6-2)21-23-56-25-27-57-26-24-55-22-11-14-33-12-9-15-35(28-33)43(54)50-40-18-17-38(52(7-3)8-4)31-39(40)41-30-36(19-20-48-41)42(53)49-32-34-13-10-16-37(29-34)44(45,46)47/h9-10,12-13,15-20,28-31H,5-8,11,14,21-27,32H2,1-4H3,(H,49,53)(H,50,54). The van der Waals surface area contributed by atoms with Crippen molar-refractivity contribution < 1.29 is 37.0 Å². The predicted octanol–water partition coefficient (Wildman–Crippen LogP) is 8.12. The number of carbonyl (C=O) groups is 2. The summed E-state index contributed by atoms with van der Waals surface area (Å²) in [4.78, 5) is 35.9. The molecule has 0 saturated carbocycles. The molecule has 0 aliphatic carbocycles. The van der Waals surface area contributed by atoms with Gasteiger partial charge >= 0.3 is 6.18 Å². The van der Waals surface area contributed by atoms with Crippen LogP contribution in [0.15, 0.2) is 85.1 Å². The summed E-state index contributed by atoms with van der Waals surface area (Å²) < 4.78 is 56.6. The number of alkyl halides is 3. The molecule has 4 rings (SSSR count). The second kappa shape index (κ2) is 23.4. The number of hydrogen-bond acceptors (Lipinski definition) is 8. The van der Waals surface area contributed by atoms with E-state index >= 15 is 0 Å². The van der Waals surface area contributed by atoms with E-state index in [1.165, 1.54) is 24.4 Å². The molecule has 10 nitrogen and oxygen atoms in total. The van der Waals surface area contributed by atoms with Gasteiger partial charge in [0.2, 0.25) is 0 Å². The summed E-state index contributed by atoms with van der Waals surface area (Å²) in [6.07, 6.45) is -1.47. The highest BCUT2D eigenvalue weighted by atomic mass is 19.4. The van der Waals surface area contributed by atoms with Crippen LogP contribution in [0.1, 0.15) is 71.5 Å². The molecule has 308 valence electrons. The molecule has 0 radical (unpaired) electrons. The summed E-state index contributed by atoms with van der Waals surface area (Å²) in [7, 11) is 0. The molecule has 4 aromatic rings. The maximum atomic E-state index is 13.7. The zero-order valence-corrected chi connectivity index (χ0v) is 33.5. The zero-order valence-electron chi connectivity index (χ0n) is 33.5. The number of nitrogens with one attached hydrogen (secondary N) is 2. The number of hydrogen-bond donors (Lipinski definition) is 2. The summed E-state index contributed by atoms with van der Waals surface area (Å²) in [6.45, 7) is 16.1. The zero-order chi connectivity index (χ0) is 41.0. The highest BCUT2D eigenvalue weighted by Crippen LogP contribution is 2.33. The molecule has 2 amide bonds. The van der Waals surface area contributed by atoms with Crippen molar-refractivity contribution in [3.63, 3.8) is 0 Å². The lowest BCUT2D eigenvalue weighted by molar-refractivity contribution is -0.137. The minimum atomic E-state index is -4.48. The van der Waals surface area contributed by atoms with Gasteiger partial charge in [0.15, 0.2) is 0 Å². The van der Waals surface area contributed by atoms with E-state index in [2.05, 4.69) is 39.3 Å². The van der Waals surface area contributed by atoms with Gasteiger partial charge in [-0.1, -0.05) is 38.1 Å². The summed E-state index contributed by atoms with van der Waals surface area (Å²) >= 11 is 0. The van der Waals surface area contributed by atoms with Gasteiger partial charge in [-0.25, -0.2) is 0 Å². The molecule has 2 N–H and O–H groups in total. The molecule has 1 heterocycles. The van der Waals surface area contributed by atoms with Crippen LogP contribution in [0.4, 0.5) is 24.5 Å². The molecule has 0 spiro atoms. The van der Waals surface area contributed by atoms with Crippen molar-refractivity contribution in [2.45, 2.75) is 53.3 Å². The third-order valence-corrected chi connectivity index (χ3v) is 9.52. The molecule has 0 unspecified atom stereocenters. The van der Waals surface area contributed by atoms with Gasteiger partial charge in [0.25, 0.3) is 11.8 Å². The first-order valence-corrected chi connectivity index (χ1v) is 19.7. The van der Waals surface area contributed by atoms with Crippen LogP contribution in [0, 0.1) is 0 Å². The Morgan fingerprint density at radius 1 is 0.702 bits per heavy atom. The monoisotopic (exact) mass is 791 g/mol. The molecule has 0 saturated heterocycles. The largest absolute Gasteiger partial charge is 0.416 e. The Balaban J connectivity index is 1.34. The first-order chi connectivity index (χ1) is 27.6. The van der Waals surface area contributed by atoms with E-state index in [4.69, 9.17) is 14.2 Å². The predicted molar refractivity (Wildman–Crippen MR) is 219 cm³/mol. The number of amides is 2. The fourth-order valence-corrected chi connectivity index (χ4v) is 6.22. The van der Waals surface area contributed by atoms with Crippen molar-refractivity contribution in [1.82, 2.24) is 15.2 Å². The van der Waals surface area contributed by atoms with E-state index in [1.807, 2.05) is 50.2 Å². The summed E-state index contributed by atoms with van der Waals surface area (Å²) in [5.41, 5.74) is 3.80. The molecule has 3 aromatic carbocycles. The third-order valence-electron chi connectivity index (χ3n) is 9.52. The number of likely N-dealkylation sites (N-methyl/N-ethyl adjacent to an activating group) is 1. The topological polar surface area (TPSA) is 105 Å². The SMILES string of the molecule is CCN(CC)CCOCCOCCOCCCc1cccc(C(=O)Nc2ccc(N(CC)CC)cc2-c2cc(C(=O)NCc3cccc(C(F)(F)F)c3)ccn2)c1. The maximum Gasteiger partial charge on any atom is 0.416 e. The van der Waals surface area contributed by atoms with Crippen LogP contribution in [0.5, 0.6) is 0 Å². The Kier molecular flexibility index (Phi) is 18.4. The molecule has 0 atom stereocenters. The Morgan fingerprint density at radius 2 is 1.37 bits per heavy atom. The highest BCUT2D eigenvalue weighted by Gasteiger charge is 2.30. The third kappa shape index (κ3) is 14.6. The second-order valence-corrected chi connectivity index (χ2v) is 13.3. The van der Waals surface area contributed by atoms with Crippen LogP contribution in [0.3, 0.4) is 0 Å². The highest BCUT2D eigenvalue weighted by molar-refractivity contribution is 6.06. The molecular formula is C44H56F3N5O5. The minimum absolute atomic E-state index is 0.0889. The molecule has 0 aliphatic heterocycles. The molecule has 0 fully saturated rings. The maximum absolute atomic E-state index is 13.7. The van der Waals surface area contributed by atoms with E-state index in [0.717, 1.165) is 68.9 Å². The Bertz CT molecular complexity index is 1850. The molecule has 13 heteroatoms. The molecule has 0 bridgehead atoms. The Morgan fingerprint density at radius 3 is 2.07 bits per heavy atom. The van der Waals surface area contributed by atoms with Crippen molar-refractivity contribution in [2.75, 3.05) is 82.6 Å². The molecular weight excluding hydrogens is 736 g/mol. The van der Waals surface area contributed by atoms with E-state index in [1.54, 1.807) is 12.1 Å². The van der Waals surface area contributed by atoms with Gasteiger partial charge in [0.1, 0.15) is 0 Å². The average Bonchev–Trinajstić information content (AvgIpc) is 3.22. The fraction of sp³-hybridized carbons (Fsp3) is 0.432. The lowest BCUT2D eigenvalue weighted by Crippen LogP contribution is -2.27. The van der Waals surface area contributed by atoms with E-state index in [-0.39, 0.29) is 18.0 Å². The van der Waals surface area contributed by atoms with Gasteiger partial charge in [0, 0.05) is 61.4 Å². The number of aromatic nitrogens is 1. The first-order valence-electron chi connectivity index (χ1n) is 19.7. The van der Waals surface area contributed by atoms with Crippen molar-refractivity contribution in [1.29, 1.82) is 0 Å². The normalized spacial score (nSPS) is 11.5. The van der Waals surface area contributed by atoms with Crippen LogP contribution >= 0.6 is 0 Å².